The first-order valence-corrected chi connectivity index (χ1v) is 8.19. The molecule has 0 unspecified atom stereocenters. The summed E-state index contributed by atoms with van der Waals surface area (Å²) in [5, 5.41) is 10.6. The second-order valence-electron chi connectivity index (χ2n) is 5.63. The van der Waals surface area contributed by atoms with Gasteiger partial charge in [0.05, 0.1) is 0 Å². The third-order valence-electron chi connectivity index (χ3n) is 3.85. The van der Waals surface area contributed by atoms with E-state index in [1.54, 1.807) is 0 Å². The van der Waals surface area contributed by atoms with Crippen molar-refractivity contribution >= 4 is 6.21 Å². The molecular weight excluding hydrogens is 282 g/mol. The molecular formula is C20H29N3. The molecule has 0 radical (unpaired) electrons. The van der Waals surface area contributed by atoms with Crippen LogP contribution in [0.1, 0.15) is 40.0 Å². The van der Waals surface area contributed by atoms with Crippen molar-refractivity contribution in [2.45, 2.75) is 40.0 Å². The van der Waals surface area contributed by atoms with Crippen molar-refractivity contribution in [3.8, 4) is 0 Å². The molecule has 1 aliphatic rings. The second-order valence-corrected chi connectivity index (χ2v) is 5.63. The highest BCUT2D eigenvalue weighted by Crippen LogP contribution is 2.14. The molecule has 0 spiro atoms. The van der Waals surface area contributed by atoms with E-state index in [2.05, 4.69) is 49.5 Å². The normalized spacial score (nSPS) is 17.1. The van der Waals surface area contributed by atoms with Crippen LogP contribution in [0.15, 0.2) is 70.6 Å². The lowest BCUT2D eigenvalue weighted by Gasteiger charge is -2.12. The minimum absolute atomic E-state index is 0.803. The molecule has 0 aromatic rings. The van der Waals surface area contributed by atoms with Crippen molar-refractivity contribution in [2.75, 3.05) is 6.54 Å². The quantitative estimate of drug-likeness (QED) is 0.455. The molecule has 0 atom stereocenters. The monoisotopic (exact) mass is 311 g/mol. The fourth-order valence-corrected chi connectivity index (χ4v) is 2.11. The third kappa shape index (κ3) is 7.00. The van der Waals surface area contributed by atoms with Crippen LogP contribution in [0.4, 0.5) is 0 Å². The van der Waals surface area contributed by atoms with Crippen LogP contribution in [0.25, 0.3) is 0 Å². The van der Waals surface area contributed by atoms with E-state index < -0.39 is 0 Å². The van der Waals surface area contributed by atoms with Gasteiger partial charge in [0.15, 0.2) is 0 Å². The Morgan fingerprint density at radius 3 is 2.65 bits per heavy atom. The first-order valence-electron chi connectivity index (χ1n) is 8.19. The molecule has 0 aromatic heterocycles. The Hall–Kier alpha value is -2.29. The minimum Gasteiger partial charge on any atom is -0.399 e. The lowest BCUT2D eigenvalue weighted by Crippen LogP contribution is -2.14. The van der Waals surface area contributed by atoms with Crippen LogP contribution >= 0.6 is 0 Å². The van der Waals surface area contributed by atoms with Gasteiger partial charge in [0.1, 0.15) is 0 Å². The summed E-state index contributed by atoms with van der Waals surface area (Å²) in [5.41, 5.74) is 11.5. The van der Waals surface area contributed by atoms with E-state index in [0.29, 0.717) is 0 Å². The summed E-state index contributed by atoms with van der Waals surface area (Å²) < 4.78 is 0. The van der Waals surface area contributed by atoms with Crippen LogP contribution < -0.4 is 11.1 Å². The standard InChI is InChI=1S/C20H29N3/c1-4-5-9-20(22)17(3)16(2)8-6-7-14-23-19-12-10-18(15-21)11-13-19/h5-10,12,15,21,23H,4,11,13-14,22H2,1-3H3/b7-6-,9-5-,16-8+,20-17-,21-15?. The highest BCUT2D eigenvalue weighted by Gasteiger charge is 2.02. The first kappa shape index (κ1) is 18.8. The fraction of sp³-hybridized carbons (Fsp3) is 0.350. The summed E-state index contributed by atoms with van der Waals surface area (Å²) in [6.07, 6.45) is 18.7. The molecule has 0 heterocycles. The third-order valence-corrected chi connectivity index (χ3v) is 3.85. The molecule has 4 N–H and O–H groups in total. The van der Waals surface area contributed by atoms with Crippen LogP contribution in [0.2, 0.25) is 0 Å². The van der Waals surface area contributed by atoms with Gasteiger partial charge in [-0.3, -0.25) is 0 Å². The zero-order valence-corrected chi connectivity index (χ0v) is 14.5. The van der Waals surface area contributed by atoms with Gasteiger partial charge in [0, 0.05) is 24.2 Å². The number of rotatable bonds is 8. The van der Waals surface area contributed by atoms with Gasteiger partial charge in [0.25, 0.3) is 0 Å². The van der Waals surface area contributed by atoms with Crippen molar-refractivity contribution in [3.63, 3.8) is 0 Å². The number of nitrogens with two attached hydrogens (primary N) is 1. The summed E-state index contributed by atoms with van der Waals surface area (Å²) in [6, 6.07) is 0. The molecule has 23 heavy (non-hydrogen) atoms. The highest BCUT2D eigenvalue weighted by molar-refractivity contribution is 5.76. The zero-order chi connectivity index (χ0) is 17.1. The molecule has 124 valence electrons. The predicted octanol–water partition coefficient (Wildman–Crippen LogP) is 4.53. The van der Waals surface area contributed by atoms with Gasteiger partial charge in [-0.15, -0.1) is 0 Å². The molecule has 0 saturated heterocycles. The van der Waals surface area contributed by atoms with Crippen LogP contribution in [-0.2, 0) is 0 Å². The lowest BCUT2D eigenvalue weighted by molar-refractivity contribution is 0.794. The second kappa shape index (κ2) is 10.4. The van der Waals surface area contributed by atoms with Crippen LogP contribution in [-0.4, -0.2) is 12.8 Å². The number of allylic oxidation sites excluding steroid dienone is 10. The van der Waals surface area contributed by atoms with Gasteiger partial charge in [-0.25, -0.2) is 0 Å². The van der Waals surface area contributed by atoms with Gasteiger partial charge < -0.3 is 16.5 Å². The maximum Gasteiger partial charge on any atom is 0.0343 e. The van der Waals surface area contributed by atoms with Gasteiger partial charge in [-0.1, -0.05) is 37.3 Å². The van der Waals surface area contributed by atoms with Crippen molar-refractivity contribution in [3.05, 3.63) is 70.6 Å². The molecule has 3 heteroatoms. The van der Waals surface area contributed by atoms with Gasteiger partial charge in [-0.2, -0.15) is 0 Å². The van der Waals surface area contributed by atoms with Crippen LogP contribution in [0, 0.1) is 5.41 Å². The summed E-state index contributed by atoms with van der Waals surface area (Å²) in [4.78, 5) is 0. The van der Waals surface area contributed by atoms with Crippen molar-refractivity contribution < 1.29 is 0 Å². The predicted molar refractivity (Wildman–Crippen MR) is 101 cm³/mol. The maximum atomic E-state index is 7.22. The minimum atomic E-state index is 0.803. The smallest absolute Gasteiger partial charge is 0.0343 e. The highest BCUT2D eigenvalue weighted by atomic mass is 14.9. The van der Waals surface area contributed by atoms with Crippen LogP contribution in [0.5, 0.6) is 0 Å². The summed E-state index contributed by atoms with van der Waals surface area (Å²) in [6.45, 7) is 7.03. The Kier molecular flexibility index (Phi) is 8.51. The summed E-state index contributed by atoms with van der Waals surface area (Å²) >= 11 is 0. The molecule has 0 aromatic carbocycles. The average molecular weight is 311 g/mol. The first-order chi connectivity index (χ1) is 11.1. The number of hydrogen-bond acceptors (Lipinski definition) is 3. The Morgan fingerprint density at radius 1 is 1.26 bits per heavy atom. The van der Waals surface area contributed by atoms with E-state index in [4.69, 9.17) is 11.1 Å². The Morgan fingerprint density at radius 2 is 2.04 bits per heavy atom. The van der Waals surface area contributed by atoms with Gasteiger partial charge in [0.2, 0.25) is 0 Å². The fourth-order valence-electron chi connectivity index (χ4n) is 2.11. The number of nitrogens with one attached hydrogen (secondary N) is 2. The molecule has 1 rings (SSSR count). The molecule has 0 fully saturated rings. The molecule has 0 amide bonds. The lowest BCUT2D eigenvalue weighted by atomic mass is 10.0. The topological polar surface area (TPSA) is 61.9 Å². The van der Waals surface area contributed by atoms with Gasteiger partial charge in [-0.05, 0) is 62.0 Å². The summed E-state index contributed by atoms with van der Waals surface area (Å²) in [7, 11) is 0. The van der Waals surface area contributed by atoms with Crippen molar-refractivity contribution in [1.29, 1.82) is 5.41 Å². The zero-order valence-electron chi connectivity index (χ0n) is 14.5. The average Bonchev–Trinajstić information content (AvgIpc) is 2.58. The molecule has 0 saturated carbocycles. The van der Waals surface area contributed by atoms with E-state index in [-0.39, 0.29) is 0 Å². The number of hydrogen-bond donors (Lipinski definition) is 3. The van der Waals surface area contributed by atoms with E-state index in [1.807, 2.05) is 19.1 Å². The molecule has 0 aliphatic heterocycles. The van der Waals surface area contributed by atoms with Crippen molar-refractivity contribution in [2.24, 2.45) is 5.73 Å². The summed E-state index contributed by atoms with van der Waals surface area (Å²) in [5.74, 6) is 0. The Balaban J connectivity index is 2.49. The Labute approximate surface area is 140 Å². The molecule has 0 bridgehead atoms. The van der Waals surface area contributed by atoms with E-state index in [1.165, 1.54) is 17.5 Å². The van der Waals surface area contributed by atoms with Crippen LogP contribution in [0.3, 0.4) is 0 Å². The van der Waals surface area contributed by atoms with Gasteiger partial charge >= 0.3 is 0 Å². The van der Waals surface area contributed by atoms with E-state index >= 15 is 0 Å². The largest absolute Gasteiger partial charge is 0.399 e. The molecule has 1 aliphatic carbocycles. The van der Waals surface area contributed by atoms with E-state index in [0.717, 1.165) is 42.7 Å². The SMILES string of the molecule is CC\C=C/C(N)=C(C)/C(C)=C/C=C\CNC1=CC=C(C=N)CC1. The molecule has 3 nitrogen and oxygen atoms in total. The Bertz CT molecular complexity index is 584. The maximum absolute atomic E-state index is 7.22. The van der Waals surface area contributed by atoms with Crippen molar-refractivity contribution in [1.82, 2.24) is 5.32 Å². The van der Waals surface area contributed by atoms with E-state index in [9.17, 15) is 0 Å².